The number of amides is 1. The SMILES string of the molecule is CCO[Si](CCCC(=CC(N)=O)CCC[Si](OCC)(OCC)OCC)(OCC)OCC. The summed E-state index contributed by atoms with van der Waals surface area (Å²) in [5.74, 6) is -0.430. The van der Waals surface area contributed by atoms with Crippen LogP contribution in [0.15, 0.2) is 11.6 Å². The van der Waals surface area contributed by atoms with E-state index >= 15 is 0 Å². The predicted octanol–water partition coefficient (Wildman–Crippen LogP) is 4.06. The van der Waals surface area contributed by atoms with Crippen LogP contribution in [-0.2, 0) is 31.4 Å². The van der Waals surface area contributed by atoms with Crippen molar-refractivity contribution in [2.75, 3.05) is 39.6 Å². The van der Waals surface area contributed by atoms with Crippen LogP contribution in [0.5, 0.6) is 0 Å². The highest BCUT2D eigenvalue weighted by Crippen LogP contribution is 2.25. The lowest BCUT2D eigenvalue weighted by atomic mass is 10.1. The lowest BCUT2D eigenvalue weighted by Crippen LogP contribution is -2.46. The Bertz CT molecular complexity index is 438. The van der Waals surface area contributed by atoms with Crippen LogP contribution in [0.3, 0.4) is 0 Å². The monoisotopic (exact) mass is 479 g/mol. The molecule has 0 atom stereocenters. The van der Waals surface area contributed by atoms with Crippen molar-refractivity contribution >= 4 is 23.5 Å². The summed E-state index contributed by atoms with van der Waals surface area (Å²) in [7, 11) is -5.38. The van der Waals surface area contributed by atoms with Gasteiger partial charge in [0, 0.05) is 57.8 Å². The van der Waals surface area contributed by atoms with E-state index in [0.29, 0.717) is 51.7 Å². The summed E-state index contributed by atoms with van der Waals surface area (Å²) in [4.78, 5) is 11.6. The van der Waals surface area contributed by atoms with Crippen LogP contribution < -0.4 is 5.73 Å². The van der Waals surface area contributed by atoms with Gasteiger partial charge in [-0.05, 0) is 67.2 Å². The summed E-state index contributed by atoms with van der Waals surface area (Å²) in [6.07, 6.45) is 4.61. The molecular formula is C21H45NO7Si2. The highest BCUT2D eigenvalue weighted by molar-refractivity contribution is 6.61. The van der Waals surface area contributed by atoms with Crippen molar-refractivity contribution in [2.45, 2.75) is 79.3 Å². The fraction of sp³-hybridized carbons (Fsp3) is 0.857. The first kappa shape index (κ1) is 30.4. The Hall–Kier alpha value is -0.596. The van der Waals surface area contributed by atoms with Crippen LogP contribution in [-0.4, -0.2) is 63.2 Å². The molecule has 0 aliphatic heterocycles. The third-order valence-corrected chi connectivity index (χ3v) is 10.8. The van der Waals surface area contributed by atoms with E-state index in [1.54, 1.807) is 0 Å². The first-order valence-electron chi connectivity index (χ1n) is 11.7. The largest absolute Gasteiger partial charge is 0.500 e. The number of hydrogen-bond donors (Lipinski definition) is 1. The predicted molar refractivity (Wildman–Crippen MR) is 127 cm³/mol. The quantitative estimate of drug-likeness (QED) is 0.196. The fourth-order valence-corrected chi connectivity index (χ4v) is 8.76. The maximum Gasteiger partial charge on any atom is 0.500 e. The summed E-state index contributed by atoms with van der Waals surface area (Å²) < 4.78 is 35.5. The van der Waals surface area contributed by atoms with Crippen molar-refractivity contribution < 1.29 is 31.4 Å². The van der Waals surface area contributed by atoms with Crippen molar-refractivity contribution in [1.82, 2.24) is 0 Å². The van der Waals surface area contributed by atoms with Crippen molar-refractivity contribution in [3.63, 3.8) is 0 Å². The summed E-state index contributed by atoms with van der Waals surface area (Å²) in [5, 5.41) is 0. The average Bonchev–Trinajstić information content (AvgIpc) is 2.68. The summed E-state index contributed by atoms with van der Waals surface area (Å²) >= 11 is 0. The second-order valence-corrected chi connectivity index (χ2v) is 12.3. The average molecular weight is 480 g/mol. The maximum absolute atomic E-state index is 11.6. The normalized spacial score (nSPS) is 12.2. The lowest BCUT2D eigenvalue weighted by molar-refractivity contribution is -0.113. The molecule has 0 spiro atoms. The van der Waals surface area contributed by atoms with Gasteiger partial charge in [-0.1, -0.05) is 5.57 Å². The minimum Gasteiger partial charge on any atom is -0.374 e. The molecule has 0 aromatic carbocycles. The second-order valence-electron chi connectivity index (χ2n) is 6.88. The molecule has 0 bridgehead atoms. The third-order valence-electron chi connectivity index (χ3n) is 4.49. The van der Waals surface area contributed by atoms with Crippen molar-refractivity contribution in [3.8, 4) is 0 Å². The molecule has 10 heteroatoms. The number of nitrogens with two attached hydrogens (primary N) is 1. The summed E-state index contributed by atoms with van der Waals surface area (Å²) in [6, 6.07) is 1.41. The molecule has 0 radical (unpaired) electrons. The second kappa shape index (κ2) is 17.9. The van der Waals surface area contributed by atoms with Crippen LogP contribution in [0, 0.1) is 0 Å². The Morgan fingerprint density at radius 2 is 0.935 bits per heavy atom. The molecule has 8 nitrogen and oxygen atoms in total. The van der Waals surface area contributed by atoms with Gasteiger partial charge in [-0.3, -0.25) is 4.79 Å². The zero-order chi connectivity index (χ0) is 23.6. The Morgan fingerprint density at radius 3 is 1.16 bits per heavy atom. The molecule has 0 aliphatic rings. The highest BCUT2D eigenvalue weighted by Gasteiger charge is 2.40. The van der Waals surface area contributed by atoms with E-state index in [0.717, 1.165) is 31.3 Å². The van der Waals surface area contributed by atoms with Gasteiger partial charge >= 0.3 is 17.6 Å². The van der Waals surface area contributed by atoms with Crippen LogP contribution in [0.25, 0.3) is 0 Å². The van der Waals surface area contributed by atoms with Crippen LogP contribution in [0.2, 0.25) is 12.1 Å². The van der Waals surface area contributed by atoms with E-state index in [1.165, 1.54) is 6.08 Å². The van der Waals surface area contributed by atoms with Crippen molar-refractivity contribution in [1.29, 1.82) is 0 Å². The van der Waals surface area contributed by atoms with Gasteiger partial charge in [-0.2, -0.15) is 0 Å². The van der Waals surface area contributed by atoms with Gasteiger partial charge in [0.25, 0.3) is 0 Å². The van der Waals surface area contributed by atoms with Gasteiger partial charge in [0.2, 0.25) is 5.91 Å². The molecule has 2 N–H and O–H groups in total. The van der Waals surface area contributed by atoms with E-state index in [9.17, 15) is 4.79 Å². The maximum atomic E-state index is 11.6. The number of carbonyl (C=O) groups excluding carboxylic acids is 1. The topological polar surface area (TPSA) is 98.5 Å². The van der Waals surface area contributed by atoms with Gasteiger partial charge in [0.05, 0.1) is 0 Å². The Morgan fingerprint density at radius 1 is 0.645 bits per heavy atom. The standard InChI is InChI=1S/C21H45NO7Si2/c1-7-24-30(25-8-2,26-9-3)17-13-15-20(19-21(22)23)16-14-18-31(27-10-4,28-11-5)29-12-6/h19H,7-18H2,1-6H3,(H2,22,23). The van der Waals surface area contributed by atoms with Crippen LogP contribution in [0.1, 0.15) is 67.2 Å². The molecular weight excluding hydrogens is 434 g/mol. The number of carbonyl (C=O) groups is 1. The Labute approximate surface area is 191 Å². The zero-order valence-corrected chi connectivity index (χ0v) is 22.5. The van der Waals surface area contributed by atoms with Crippen LogP contribution in [0.4, 0.5) is 0 Å². The molecule has 0 aromatic heterocycles. The summed E-state index contributed by atoms with van der Waals surface area (Å²) in [6.45, 7) is 15.0. The first-order chi connectivity index (χ1) is 14.9. The number of primary amides is 1. The van der Waals surface area contributed by atoms with E-state index in [4.69, 9.17) is 32.3 Å². The minimum absolute atomic E-state index is 0.430. The smallest absolute Gasteiger partial charge is 0.374 e. The van der Waals surface area contributed by atoms with Gasteiger partial charge in [-0.25, -0.2) is 0 Å². The Kier molecular flexibility index (Phi) is 17.6. The number of allylic oxidation sites excluding steroid dienone is 1. The summed E-state index contributed by atoms with van der Waals surface area (Å²) in [5.41, 5.74) is 6.46. The van der Waals surface area contributed by atoms with E-state index in [-0.39, 0.29) is 0 Å². The van der Waals surface area contributed by atoms with Gasteiger partial charge in [-0.15, -0.1) is 0 Å². The molecule has 0 aliphatic carbocycles. The third kappa shape index (κ3) is 12.9. The van der Waals surface area contributed by atoms with Gasteiger partial charge in [0.15, 0.2) is 0 Å². The fourth-order valence-electron chi connectivity index (χ4n) is 3.54. The lowest BCUT2D eigenvalue weighted by Gasteiger charge is -2.29. The zero-order valence-electron chi connectivity index (χ0n) is 20.5. The molecule has 31 heavy (non-hydrogen) atoms. The number of hydrogen-bond acceptors (Lipinski definition) is 7. The Balaban J connectivity index is 5.02. The molecule has 0 fully saturated rings. The molecule has 0 saturated heterocycles. The highest BCUT2D eigenvalue weighted by atomic mass is 28.4. The molecule has 0 rings (SSSR count). The van der Waals surface area contributed by atoms with E-state index in [2.05, 4.69) is 0 Å². The van der Waals surface area contributed by atoms with Gasteiger partial charge in [0.1, 0.15) is 0 Å². The molecule has 0 heterocycles. The molecule has 1 amide bonds. The molecule has 0 unspecified atom stereocenters. The van der Waals surface area contributed by atoms with Crippen LogP contribution >= 0.6 is 0 Å². The first-order valence-corrected chi connectivity index (χ1v) is 15.5. The molecule has 0 saturated carbocycles. The van der Waals surface area contributed by atoms with E-state index < -0.39 is 23.5 Å². The molecule has 0 aromatic rings. The minimum atomic E-state index is -2.69. The van der Waals surface area contributed by atoms with Gasteiger partial charge < -0.3 is 32.3 Å². The number of rotatable bonds is 21. The molecule has 184 valence electrons. The van der Waals surface area contributed by atoms with E-state index in [1.807, 2.05) is 41.5 Å². The van der Waals surface area contributed by atoms with Crippen molar-refractivity contribution in [2.24, 2.45) is 5.73 Å². The van der Waals surface area contributed by atoms with Crippen molar-refractivity contribution in [3.05, 3.63) is 11.6 Å².